The molecule has 0 aromatic heterocycles. The minimum Gasteiger partial charge on any atom is -0.381 e. The summed E-state index contributed by atoms with van der Waals surface area (Å²) in [4.78, 5) is 0. The average Bonchev–Trinajstić information content (AvgIpc) is 2.22. The van der Waals surface area contributed by atoms with Crippen molar-refractivity contribution in [3.63, 3.8) is 0 Å². The molecular formula is C13H18F2O. The van der Waals surface area contributed by atoms with Crippen LogP contribution in [0, 0.1) is 11.6 Å². The normalized spacial score (nSPS) is 10.7. The molecular weight excluding hydrogens is 210 g/mol. The second kappa shape index (κ2) is 7.34. The zero-order valence-corrected chi connectivity index (χ0v) is 9.64. The second-order valence-electron chi connectivity index (χ2n) is 3.85. The Bertz CT molecular complexity index is 293. The van der Waals surface area contributed by atoms with Crippen molar-refractivity contribution < 1.29 is 13.5 Å². The highest BCUT2D eigenvalue weighted by atomic mass is 19.1. The van der Waals surface area contributed by atoms with Crippen LogP contribution >= 0.6 is 0 Å². The molecule has 1 nitrogen and oxygen atoms in total. The molecule has 1 aromatic carbocycles. The Morgan fingerprint density at radius 1 is 1.00 bits per heavy atom. The first-order valence-corrected chi connectivity index (χ1v) is 5.75. The van der Waals surface area contributed by atoms with E-state index in [2.05, 4.69) is 6.92 Å². The molecule has 0 saturated heterocycles. The van der Waals surface area contributed by atoms with Gasteiger partial charge in [-0.25, -0.2) is 8.78 Å². The van der Waals surface area contributed by atoms with Crippen LogP contribution in [0.2, 0.25) is 0 Å². The molecule has 0 radical (unpaired) electrons. The van der Waals surface area contributed by atoms with Gasteiger partial charge < -0.3 is 4.74 Å². The molecule has 0 aliphatic carbocycles. The lowest BCUT2D eigenvalue weighted by molar-refractivity contribution is 0.133. The van der Waals surface area contributed by atoms with Gasteiger partial charge in [-0.2, -0.15) is 0 Å². The molecule has 0 spiro atoms. The summed E-state index contributed by atoms with van der Waals surface area (Å²) in [5.41, 5.74) is 0.646. The quantitative estimate of drug-likeness (QED) is 0.646. The van der Waals surface area contributed by atoms with E-state index in [1.54, 1.807) is 0 Å². The van der Waals surface area contributed by atoms with Crippen molar-refractivity contribution >= 4 is 0 Å². The fourth-order valence-electron chi connectivity index (χ4n) is 1.50. The Balaban J connectivity index is 2.21. The fraction of sp³-hybridized carbons (Fsp3) is 0.538. The number of rotatable bonds is 7. The summed E-state index contributed by atoms with van der Waals surface area (Å²) in [6.45, 7) is 3.38. The predicted molar refractivity (Wildman–Crippen MR) is 60.4 cm³/mol. The van der Waals surface area contributed by atoms with Crippen LogP contribution < -0.4 is 0 Å². The van der Waals surface area contributed by atoms with Crippen molar-refractivity contribution in [2.24, 2.45) is 0 Å². The van der Waals surface area contributed by atoms with Gasteiger partial charge in [-0.15, -0.1) is 0 Å². The Morgan fingerprint density at radius 2 is 1.69 bits per heavy atom. The largest absolute Gasteiger partial charge is 0.381 e. The predicted octanol–water partition coefficient (Wildman–Crippen LogP) is 3.71. The molecule has 0 heterocycles. The lowest BCUT2D eigenvalue weighted by Crippen LogP contribution is -2.01. The van der Waals surface area contributed by atoms with Gasteiger partial charge in [0.2, 0.25) is 0 Å². The summed E-state index contributed by atoms with van der Waals surface area (Å²) in [6, 6.07) is 3.57. The first-order chi connectivity index (χ1) is 7.72. The van der Waals surface area contributed by atoms with E-state index >= 15 is 0 Å². The van der Waals surface area contributed by atoms with Gasteiger partial charge in [-0.1, -0.05) is 19.8 Å². The third-order valence-electron chi connectivity index (χ3n) is 2.35. The van der Waals surface area contributed by atoms with E-state index in [1.165, 1.54) is 18.6 Å². The molecule has 0 bridgehead atoms. The van der Waals surface area contributed by atoms with Crippen LogP contribution in [0.1, 0.15) is 31.7 Å². The van der Waals surface area contributed by atoms with Gasteiger partial charge in [0.25, 0.3) is 0 Å². The summed E-state index contributed by atoms with van der Waals surface area (Å²) in [5.74, 6) is -1.05. The van der Waals surface area contributed by atoms with Gasteiger partial charge in [-0.05, 0) is 30.5 Å². The average molecular weight is 228 g/mol. The van der Waals surface area contributed by atoms with E-state index in [1.807, 2.05) is 0 Å². The van der Waals surface area contributed by atoms with Crippen LogP contribution in [0.15, 0.2) is 18.2 Å². The monoisotopic (exact) mass is 228 g/mol. The standard InChI is InChI=1S/C13H18F2O/c1-2-3-4-6-16-7-5-11-8-12(14)10-13(15)9-11/h8-10H,2-7H2,1H3. The van der Waals surface area contributed by atoms with E-state index in [0.29, 0.717) is 18.6 Å². The SMILES string of the molecule is CCCCCOCCc1cc(F)cc(F)c1. The van der Waals surface area contributed by atoms with E-state index in [9.17, 15) is 8.78 Å². The Kier molecular flexibility index (Phi) is 6.01. The van der Waals surface area contributed by atoms with Gasteiger partial charge in [0.05, 0.1) is 6.61 Å². The van der Waals surface area contributed by atoms with Crippen molar-refractivity contribution in [3.05, 3.63) is 35.4 Å². The molecule has 0 amide bonds. The summed E-state index contributed by atoms with van der Waals surface area (Å²) >= 11 is 0. The zero-order chi connectivity index (χ0) is 11.8. The Labute approximate surface area is 95.4 Å². The zero-order valence-electron chi connectivity index (χ0n) is 9.64. The molecule has 90 valence electrons. The van der Waals surface area contributed by atoms with Crippen LogP contribution in [-0.4, -0.2) is 13.2 Å². The third-order valence-corrected chi connectivity index (χ3v) is 2.35. The van der Waals surface area contributed by atoms with Gasteiger partial charge in [-0.3, -0.25) is 0 Å². The molecule has 0 saturated carbocycles. The van der Waals surface area contributed by atoms with Crippen LogP contribution in [0.3, 0.4) is 0 Å². The fourth-order valence-corrected chi connectivity index (χ4v) is 1.50. The number of benzene rings is 1. The summed E-state index contributed by atoms with van der Waals surface area (Å²) < 4.78 is 31.0. The van der Waals surface area contributed by atoms with E-state index < -0.39 is 11.6 Å². The highest BCUT2D eigenvalue weighted by molar-refractivity contribution is 5.17. The smallest absolute Gasteiger partial charge is 0.126 e. The molecule has 0 N–H and O–H groups in total. The van der Waals surface area contributed by atoms with Crippen molar-refractivity contribution in [2.75, 3.05) is 13.2 Å². The highest BCUT2D eigenvalue weighted by Gasteiger charge is 2.00. The molecule has 16 heavy (non-hydrogen) atoms. The molecule has 0 fully saturated rings. The van der Waals surface area contributed by atoms with Crippen LogP contribution in [0.5, 0.6) is 0 Å². The lowest BCUT2D eigenvalue weighted by Gasteiger charge is -2.04. The molecule has 0 aliphatic heterocycles. The maximum Gasteiger partial charge on any atom is 0.126 e. The first-order valence-electron chi connectivity index (χ1n) is 5.75. The number of halogens is 2. The number of hydrogen-bond donors (Lipinski definition) is 0. The van der Waals surface area contributed by atoms with Crippen LogP contribution in [-0.2, 0) is 11.2 Å². The Morgan fingerprint density at radius 3 is 2.31 bits per heavy atom. The first kappa shape index (κ1) is 13.1. The van der Waals surface area contributed by atoms with E-state index in [-0.39, 0.29) is 0 Å². The lowest BCUT2D eigenvalue weighted by atomic mass is 10.1. The third kappa shape index (κ3) is 5.21. The number of hydrogen-bond acceptors (Lipinski definition) is 1. The summed E-state index contributed by atoms with van der Waals surface area (Å²) in [5, 5.41) is 0. The molecule has 0 atom stereocenters. The topological polar surface area (TPSA) is 9.23 Å². The van der Waals surface area contributed by atoms with Crippen LogP contribution in [0.25, 0.3) is 0 Å². The van der Waals surface area contributed by atoms with E-state index in [0.717, 1.165) is 25.5 Å². The minimum absolute atomic E-state index is 0.520. The van der Waals surface area contributed by atoms with E-state index in [4.69, 9.17) is 4.74 Å². The van der Waals surface area contributed by atoms with Gasteiger partial charge in [0.15, 0.2) is 0 Å². The van der Waals surface area contributed by atoms with Crippen molar-refractivity contribution in [2.45, 2.75) is 32.6 Å². The molecule has 1 rings (SSSR count). The van der Waals surface area contributed by atoms with Crippen molar-refractivity contribution in [1.82, 2.24) is 0 Å². The molecule has 0 aliphatic rings. The van der Waals surface area contributed by atoms with Gasteiger partial charge >= 0.3 is 0 Å². The highest BCUT2D eigenvalue weighted by Crippen LogP contribution is 2.08. The van der Waals surface area contributed by atoms with Crippen LogP contribution in [0.4, 0.5) is 8.78 Å². The maximum atomic E-state index is 12.8. The molecule has 1 aromatic rings. The maximum absolute atomic E-state index is 12.8. The van der Waals surface area contributed by atoms with Crippen molar-refractivity contribution in [3.8, 4) is 0 Å². The second-order valence-corrected chi connectivity index (χ2v) is 3.85. The van der Waals surface area contributed by atoms with Gasteiger partial charge in [0, 0.05) is 12.7 Å². The number of unbranched alkanes of at least 4 members (excludes halogenated alkanes) is 2. The minimum atomic E-state index is -0.527. The summed E-state index contributed by atoms with van der Waals surface area (Å²) in [6.07, 6.45) is 3.93. The number of ether oxygens (including phenoxy) is 1. The Hall–Kier alpha value is -0.960. The molecule has 0 unspecified atom stereocenters. The van der Waals surface area contributed by atoms with Gasteiger partial charge in [0.1, 0.15) is 11.6 Å². The van der Waals surface area contributed by atoms with Crippen molar-refractivity contribution in [1.29, 1.82) is 0 Å². The summed E-state index contributed by atoms with van der Waals surface area (Å²) in [7, 11) is 0. The molecule has 3 heteroatoms.